The summed E-state index contributed by atoms with van der Waals surface area (Å²) in [6.07, 6.45) is 2.98. The summed E-state index contributed by atoms with van der Waals surface area (Å²) in [6.45, 7) is 6.16. The van der Waals surface area contributed by atoms with Crippen molar-refractivity contribution in [1.82, 2.24) is 15.5 Å². The van der Waals surface area contributed by atoms with Crippen molar-refractivity contribution in [2.24, 2.45) is 5.92 Å². The van der Waals surface area contributed by atoms with E-state index in [-0.39, 0.29) is 23.8 Å². The Bertz CT molecular complexity index is 1110. The van der Waals surface area contributed by atoms with Crippen molar-refractivity contribution in [3.63, 3.8) is 0 Å². The van der Waals surface area contributed by atoms with Gasteiger partial charge in [0.2, 0.25) is 11.8 Å². The minimum absolute atomic E-state index is 0.0628. The van der Waals surface area contributed by atoms with E-state index in [0.717, 1.165) is 36.3 Å². The molecule has 1 saturated carbocycles. The van der Waals surface area contributed by atoms with Crippen LogP contribution in [0.15, 0.2) is 52.9 Å². The van der Waals surface area contributed by atoms with Crippen LogP contribution in [0.5, 0.6) is 0 Å². The Morgan fingerprint density at radius 2 is 1.69 bits per heavy atom. The van der Waals surface area contributed by atoms with E-state index in [2.05, 4.69) is 28.5 Å². The molecule has 4 rings (SSSR count). The van der Waals surface area contributed by atoms with Gasteiger partial charge in [0.05, 0.1) is 11.6 Å². The molecule has 6 heteroatoms. The van der Waals surface area contributed by atoms with E-state index in [1.807, 2.05) is 50.2 Å². The normalized spacial score (nSPS) is 19.0. The Morgan fingerprint density at radius 1 is 1.03 bits per heavy atom. The first-order valence-electron chi connectivity index (χ1n) is 11.2. The minimum Gasteiger partial charge on any atom is -0.425 e. The first-order chi connectivity index (χ1) is 15.4. The van der Waals surface area contributed by atoms with Crippen LogP contribution in [0.4, 0.5) is 0 Å². The second-order valence-electron chi connectivity index (χ2n) is 8.93. The molecule has 3 aromatic rings. The molecule has 1 aromatic heterocycles. The summed E-state index contributed by atoms with van der Waals surface area (Å²) in [5, 5.41) is 20.5. The minimum atomic E-state index is -0.0628. The molecule has 0 spiro atoms. The van der Waals surface area contributed by atoms with Gasteiger partial charge in [0.15, 0.2) is 0 Å². The largest absolute Gasteiger partial charge is 0.425 e. The van der Waals surface area contributed by atoms with E-state index in [9.17, 15) is 4.79 Å². The molecule has 32 heavy (non-hydrogen) atoms. The van der Waals surface area contributed by atoms with Gasteiger partial charge in [-0.05, 0) is 67.5 Å². The highest BCUT2D eigenvalue weighted by Crippen LogP contribution is 2.39. The topological polar surface area (TPSA) is 91.8 Å². The Labute approximate surface area is 188 Å². The predicted octanol–water partition coefficient (Wildman–Crippen LogP) is 5.43. The van der Waals surface area contributed by atoms with E-state index >= 15 is 0 Å². The number of hydrogen-bond acceptors (Lipinski definition) is 5. The van der Waals surface area contributed by atoms with Crippen LogP contribution in [0.1, 0.15) is 79.6 Å². The first-order valence-corrected chi connectivity index (χ1v) is 11.2. The molecule has 1 amide bonds. The zero-order valence-electron chi connectivity index (χ0n) is 18.7. The van der Waals surface area contributed by atoms with Gasteiger partial charge in [0, 0.05) is 23.4 Å². The number of benzene rings is 2. The van der Waals surface area contributed by atoms with Crippen molar-refractivity contribution in [2.75, 3.05) is 0 Å². The van der Waals surface area contributed by atoms with Crippen LogP contribution >= 0.6 is 0 Å². The Hall–Kier alpha value is -3.46. The molecule has 0 aliphatic heterocycles. The van der Waals surface area contributed by atoms with Crippen molar-refractivity contribution in [1.29, 1.82) is 5.26 Å². The quantitative estimate of drug-likeness (QED) is 0.565. The zero-order valence-corrected chi connectivity index (χ0v) is 18.7. The highest BCUT2D eigenvalue weighted by atomic mass is 16.4. The Balaban J connectivity index is 1.34. The predicted molar refractivity (Wildman–Crippen MR) is 122 cm³/mol. The zero-order chi connectivity index (χ0) is 22.7. The highest BCUT2D eigenvalue weighted by molar-refractivity contribution is 5.94. The van der Waals surface area contributed by atoms with Crippen molar-refractivity contribution >= 4 is 5.91 Å². The molecule has 2 aromatic carbocycles. The Kier molecular flexibility index (Phi) is 6.36. The van der Waals surface area contributed by atoms with Crippen molar-refractivity contribution < 1.29 is 9.21 Å². The second kappa shape index (κ2) is 9.35. The number of amides is 1. The average Bonchev–Trinajstić information content (AvgIpc) is 3.49. The van der Waals surface area contributed by atoms with Crippen molar-refractivity contribution in [3.8, 4) is 17.2 Å². The molecule has 3 atom stereocenters. The summed E-state index contributed by atoms with van der Waals surface area (Å²) in [4.78, 5) is 12.8. The molecule has 1 aliphatic rings. The molecule has 1 fully saturated rings. The van der Waals surface area contributed by atoms with Crippen LogP contribution < -0.4 is 5.32 Å². The number of carbonyl (C=O) groups excluding carboxylic acids is 1. The lowest BCUT2D eigenvalue weighted by molar-refractivity contribution is 0.0927. The van der Waals surface area contributed by atoms with E-state index in [4.69, 9.17) is 9.68 Å². The lowest BCUT2D eigenvalue weighted by atomic mass is 9.97. The van der Waals surface area contributed by atoms with Crippen LogP contribution in [-0.2, 0) is 0 Å². The number of nitrogens with one attached hydrogen (secondary N) is 1. The number of nitriles is 1. The van der Waals surface area contributed by atoms with Crippen LogP contribution in [-0.4, -0.2) is 22.1 Å². The monoisotopic (exact) mass is 428 g/mol. The molecular weight excluding hydrogens is 400 g/mol. The smallest absolute Gasteiger partial charge is 0.251 e. The summed E-state index contributed by atoms with van der Waals surface area (Å²) < 4.78 is 5.84. The van der Waals surface area contributed by atoms with Crippen LogP contribution in [0.25, 0.3) is 11.1 Å². The van der Waals surface area contributed by atoms with Gasteiger partial charge in [0.1, 0.15) is 0 Å². The van der Waals surface area contributed by atoms with Gasteiger partial charge in [-0.2, -0.15) is 5.26 Å². The molecule has 6 nitrogen and oxygen atoms in total. The summed E-state index contributed by atoms with van der Waals surface area (Å²) in [5.41, 5.74) is 3.30. The maximum Gasteiger partial charge on any atom is 0.251 e. The molecule has 164 valence electrons. The van der Waals surface area contributed by atoms with E-state index in [1.54, 1.807) is 12.1 Å². The first kappa shape index (κ1) is 21.8. The molecule has 1 heterocycles. The van der Waals surface area contributed by atoms with Gasteiger partial charge in [-0.25, -0.2) is 0 Å². The van der Waals surface area contributed by atoms with Gasteiger partial charge in [-0.15, -0.1) is 10.2 Å². The van der Waals surface area contributed by atoms with E-state index < -0.39 is 0 Å². The summed E-state index contributed by atoms with van der Waals surface area (Å²) >= 11 is 0. The lowest BCUT2D eigenvalue weighted by Gasteiger charge is -2.20. The van der Waals surface area contributed by atoms with Gasteiger partial charge in [0.25, 0.3) is 5.91 Å². The van der Waals surface area contributed by atoms with E-state index in [0.29, 0.717) is 22.9 Å². The second-order valence-corrected chi connectivity index (χ2v) is 8.93. The maximum absolute atomic E-state index is 12.8. The van der Waals surface area contributed by atoms with Gasteiger partial charge in [-0.3, -0.25) is 4.79 Å². The third-order valence-electron chi connectivity index (χ3n) is 6.33. The van der Waals surface area contributed by atoms with Crippen LogP contribution in [0.2, 0.25) is 0 Å². The fraction of sp³-hybridized carbons (Fsp3) is 0.385. The molecule has 0 bridgehead atoms. The number of hydrogen-bond donors (Lipinski definition) is 1. The molecular formula is C26H28N4O2. The van der Waals surface area contributed by atoms with Crippen LogP contribution in [0, 0.1) is 17.2 Å². The number of rotatable bonds is 6. The number of aromatic nitrogens is 2. The fourth-order valence-corrected chi connectivity index (χ4v) is 4.30. The highest BCUT2D eigenvalue weighted by Gasteiger charge is 2.33. The Morgan fingerprint density at radius 3 is 2.28 bits per heavy atom. The fourth-order valence-electron chi connectivity index (χ4n) is 4.30. The standard InChI is InChI=1S/C26H28N4O2/c1-16(2)25-29-30-26(32-25)23-13-12-22(14-23)17(3)28-24(31)21-10-8-20(9-11-21)19-6-4-18(15-27)5-7-19/h4-11,16-17,22-23H,12-14H2,1-3H3,(H,28,31)/t17?,22-,23+/m1/s1. The molecule has 1 N–H and O–H groups in total. The molecule has 0 saturated heterocycles. The average molecular weight is 429 g/mol. The maximum atomic E-state index is 12.8. The SMILES string of the molecule is CC(C)c1nnc([C@H]2CC[C@@H](C(C)NC(=O)c3ccc(-c4ccc(C#N)cc4)cc3)C2)o1. The van der Waals surface area contributed by atoms with Gasteiger partial charge in [-0.1, -0.05) is 38.1 Å². The molecule has 0 radical (unpaired) electrons. The number of carbonyl (C=O) groups is 1. The van der Waals surface area contributed by atoms with Gasteiger partial charge < -0.3 is 9.73 Å². The van der Waals surface area contributed by atoms with E-state index in [1.165, 1.54) is 0 Å². The summed E-state index contributed by atoms with van der Waals surface area (Å²) in [5.74, 6) is 2.24. The van der Waals surface area contributed by atoms with Crippen molar-refractivity contribution in [2.45, 2.75) is 57.9 Å². The van der Waals surface area contributed by atoms with Crippen molar-refractivity contribution in [3.05, 3.63) is 71.4 Å². The summed E-state index contributed by atoms with van der Waals surface area (Å²) in [6, 6.07) is 17.2. The molecule has 1 aliphatic carbocycles. The van der Waals surface area contributed by atoms with Crippen LogP contribution in [0.3, 0.4) is 0 Å². The van der Waals surface area contributed by atoms with Gasteiger partial charge >= 0.3 is 0 Å². The third kappa shape index (κ3) is 4.72. The molecule has 1 unspecified atom stereocenters. The third-order valence-corrected chi connectivity index (χ3v) is 6.33. The number of nitrogens with zero attached hydrogens (tertiary/aromatic N) is 3. The lowest BCUT2D eigenvalue weighted by Crippen LogP contribution is -2.37. The summed E-state index contributed by atoms with van der Waals surface area (Å²) in [7, 11) is 0.